The summed E-state index contributed by atoms with van der Waals surface area (Å²) >= 11 is 0. The molecule has 2 aliphatic rings. The number of sulfone groups is 1. The van der Waals surface area contributed by atoms with Crippen molar-refractivity contribution in [1.82, 2.24) is 4.90 Å². The van der Waals surface area contributed by atoms with E-state index in [-0.39, 0.29) is 23.5 Å². The zero-order valence-corrected chi connectivity index (χ0v) is 12.9. The van der Waals surface area contributed by atoms with Crippen LogP contribution in [-0.2, 0) is 20.0 Å². The summed E-state index contributed by atoms with van der Waals surface area (Å²) in [6.45, 7) is 0. The molecule has 1 aliphatic heterocycles. The van der Waals surface area contributed by atoms with Crippen molar-refractivity contribution in [2.24, 2.45) is 0 Å². The number of nitrogen functional groups attached to an aromatic ring is 1. The molecule has 1 aliphatic carbocycles. The fourth-order valence-electron chi connectivity index (χ4n) is 3.14. The topological polar surface area (TPSA) is 80.5 Å². The van der Waals surface area contributed by atoms with Gasteiger partial charge in [0.25, 0.3) is 0 Å². The molecule has 5 nitrogen and oxygen atoms in total. The third-order valence-corrected chi connectivity index (χ3v) is 6.45. The lowest BCUT2D eigenvalue weighted by Crippen LogP contribution is -2.43. The van der Waals surface area contributed by atoms with E-state index in [1.165, 1.54) is 0 Å². The van der Waals surface area contributed by atoms with Crippen LogP contribution < -0.4 is 5.73 Å². The SMILES string of the molecule is CN(C(=O)C1(c2ccc(N)cc2)CC1)C1CCS(=O)(=O)C1. The standard InChI is InChI=1S/C15H20N2O3S/c1-17(13-6-9-21(19,20)10-13)14(18)15(7-8-15)11-2-4-12(16)5-3-11/h2-5,13H,6-10,16H2,1H3. The van der Waals surface area contributed by atoms with Gasteiger partial charge in [-0.25, -0.2) is 8.42 Å². The molecule has 1 unspecified atom stereocenters. The van der Waals surface area contributed by atoms with Crippen LogP contribution in [0.15, 0.2) is 24.3 Å². The highest BCUT2D eigenvalue weighted by atomic mass is 32.2. The fraction of sp³-hybridized carbons (Fsp3) is 0.533. The normalized spacial score (nSPS) is 25.5. The van der Waals surface area contributed by atoms with E-state index >= 15 is 0 Å². The van der Waals surface area contributed by atoms with Crippen LogP contribution >= 0.6 is 0 Å². The lowest BCUT2D eigenvalue weighted by molar-refractivity contribution is -0.134. The third-order valence-electron chi connectivity index (χ3n) is 4.70. The number of anilines is 1. The molecule has 1 atom stereocenters. The van der Waals surface area contributed by atoms with Crippen molar-refractivity contribution >= 4 is 21.4 Å². The highest BCUT2D eigenvalue weighted by molar-refractivity contribution is 7.91. The first-order chi connectivity index (χ1) is 9.84. The molecule has 21 heavy (non-hydrogen) atoms. The number of benzene rings is 1. The summed E-state index contributed by atoms with van der Waals surface area (Å²) in [4.78, 5) is 14.5. The minimum absolute atomic E-state index is 0.0365. The molecule has 1 saturated carbocycles. The van der Waals surface area contributed by atoms with Gasteiger partial charge in [0.1, 0.15) is 0 Å². The Labute approximate surface area is 125 Å². The van der Waals surface area contributed by atoms with Crippen LogP contribution in [0.4, 0.5) is 5.69 Å². The number of hydrogen-bond donors (Lipinski definition) is 1. The summed E-state index contributed by atoms with van der Waals surface area (Å²) in [7, 11) is -1.25. The van der Waals surface area contributed by atoms with Gasteiger partial charge in [0.2, 0.25) is 5.91 Å². The minimum Gasteiger partial charge on any atom is -0.399 e. The van der Waals surface area contributed by atoms with Crippen molar-refractivity contribution in [3.05, 3.63) is 29.8 Å². The van der Waals surface area contributed by atoms with E-state index in [9.17, 15) is 13.2 Å². The van der Waals surface area contributed by atoms with Gasteiger partial charge < -0.3 is 10.6 Å². The van der Waals surface area contributed by atoms with Crippen LogP contribution in [-0.4, -0.2) is 43.8 Å². The molecule has 1 amide bonds. The van der Waals surface area contributed by atoms with Crippen LogP contribution in [0.25, 0.3) is 0 Å². The largest absolute Gasteiger partial charge is 0.399 e. The van der Waals surface area contributed by atoms with Crippen molar-refractivity contribution in [3.63, 3.8) is 0 Å². The molecular formula is C15H20N2O3S. The molecule has 2 fully saturated rings. The van der Waals surface area contributed by atoms with Crippen LogP contribution in [0.1, 0.15) is 24.8 Å². The molecule has 1 saturated heterocycles. The van der Waals surface area contributed by atoms with E-state index in [0.29, 0.717) is 12.1 Å². The molecule has 2 N–H and O–H groups in total. The molecule has 1 heterocycles. The Balaban J connectivity index is 1.80. The molecule has 0 aromatic heterocycles. The monoisotopic (exact) mass is 308 g/mol. The summed E-state index contributed by atoms with van der Waals surface area (Å²) < 4.78 is 23.2. The molecule has 0 radical (unpaired) electrons. The van der Waals surface area contributed by atoms with Gasteiger partial charge in [-0.15, -0.1) is 0 Å². The Morgan fingerprint density at radius 1 is 1.29 bits per heavy atom. The van der Waals surface area contributed by atoms with Gasteiger partial charge in [-0.3, -0.25) is 4.79 Å². The average molecular weight is 308 g/mol. The number of carbonyl (C=O) groups is 1. The van der Waals surface area contributed by atoms with E-state index in [1.54, 1.807) is 11.9 Å². The molecule has 0 bridgehead atoms. The number of likely N-dealkylation sites (N-methyl/N-ethyl adjacent to an activating group) is 1. The van der Waals surface area contributed by atoms with Gasteiger partial charge in [-0.2, -0.15) is 0 Å². The van der Waals surface area contributed by atoms with Gasteiger partial charge in [0.15, 0.2) is 9.84 Å². The van der Waals surface area contributed by atoms with Crippen LogP contribution in [0.2, 0.25) is 0 Å². The number of amides is 1. The number of rotatable bonds is 3. The quantitative estimate of drug-likeness (QED) is 0.843. The predicted molar refractivity (Wildman–Crippen MR) is 81.6 cm³/mol. The number of nitrogens with two attached hydrogens (primary N) is 1. The van der Waals surface area contributed by atoms with E-state index in [1.807, 2.05) is 24.3 Å². The van der Waals surface area contributed by atoms with Crippen LogP contribution in [0.3, 0.4) is 0 Å². The van der Waals surface area contributed by atoms with Crippen molar-refractivity contribution in [1.29, 1.82) is 0 Å². The van der Waals surface area contributed by atoms with Crippen molar-refractivity contribution in [2.45, 2.75) is 30.7 Å². The molecule has 1 aromatic rings. The van der Waals surface area contributed by atoms with Crippen molar-refractivity contribution in [3.8, 4) is 0 Å². The van der Waals surface area contributed by atoms with E-state index in [4.69, 9.17) is 5.73 Å². The Morgan fingerprint density at radius 2 is 1.90 bits per heavy atom. The van der Waals surface area contributed by atoms with Gasteiger partial charge in [-0.05, 0) is 37.0 Å². The summed E-state index contributed by atoms with van der Waals surface area (Å²) in [5, 5.41) is 0. The first kappa shape index (κ1) is 14.4. The lowest BCUT2D eigenvalue weighted by atomic mass is 9.93. The van der Waals surface area contributed by atoms with Gasteiger partial charge in [0.05, 0.1) is 16.9 Å². The Morgan fingerprint density at radius 3 is 2.38 bits per heavy atom. The molecular weight excluding hydrogens is 288 g/mol. The number of carbonyl (C=O) groups excluding carboxylic acids is 1. The second-order valence-electron chi connectivity index (χ2n) is 6.18. The molecule has 114 valence electrons. The number of nitrogens with zero attached hydrogens (tertiary/aromatic N) is 1. The summed E-state index contributed by atoms with van der Waals surface area (Å²) in [5.41, 5.74) is 6.89. The second kappa shape index (κ2) is 4.73. The van der Waals surface area contributed by atoms with Crippen LogP contribution in [0.5, 0.6) is 0 Å². The highest BCUT2D eigenvalue weighted by Crippen LogP contribution is 2.50. The maximum atomic E-state index is 12.8. The summed E-state index contributed by atoms with van der Waals surface area (Å²) in [6, 6.07) is 7.23. The Hall–Kier alpha value is -1.56. The average Bonchev–Trinajstić information content (AvgIpc) is 3.17. The summed E-state index contributed by atoms with van der Waals surface area (Å²) in [6.07, 6.45) is 2.18. The first-order valence-corrected chi connectivity index (χ1v) is 9.00. The maximum absolute atomic E-state index is 12.8. The van der Waals surface area contributed by atoms with Crippen molar-refractivity contribution in [2.75, 3.05) is 24.3 Å². The third kappa shape index (κ3) is 2.52. The van der Waals surface area contributed by atoms with Gasteiger partial charge >= 0.3 is 0 Å². The number of hydrogen-bond acceptors (Lipinski definition) is 4. The van der Waals surface area contributed by atoms with Crippen molar-refractivity contribution < 1.29 is 13.2 Å². The second-order valence-corrected chi connectivity index (χ2v) is 8.41. The first-order valence-electron chi connectivity index (χ1n) is 7.18. The molecule has 6 heteroatoms. The zero-order chi connectivity index (χ0) is 15.3. The Bertz CT molecular complexity index is 663. The zero-order valence-electron chi connectivity index (χ0n) is 12.1. The fourth-order valence-corrected chi connectivity index (χ4v) is 4.91. The predicted octanol–water partition coefficient (Wildman–Crippen LogP) is 0.946. The highest BCUT2D eigenvalue weighted by Gasteiger charge is 2.53. The van der Waals surface area contributed by atoms with Gasteiger partial charge in [0, 0.05) is 18.8 Å². The summed E-state index contributed by atoms with van der Waals surface area (Å²) in [5.74, 6) is 0.311. The van der Waals surface area contributed by atoms with E-state index in [2.05, 4.69) is 0 Å². The molecule has 1 aromatic carbocycles. The Kier molecular flexibility index (Phi) is 3.24. The molecule has 0 spiro atoms. The van der Waals surface area contributed by atoms with Crippen LogP contribution in [0, 0.1) is 0 Å². The maximum Gasteiger partial charge on any atom is 0.233 e. The van der Waals surface area contributed by atoms with E-state index < -0.39 is 15.3 Å². The van der Waals surface area contributed by atoms with E-state index in [0.717, 1.165) is 18.4 Å². The van der Waals surface area contributed by atoms with Gasteiger partial charge in [-0.1, -0.05) is 12.1 Å². The smallest absolute Gasteiger partial charge is 0.233 e. The molecule has 3 rings (SSSR count). The lowest BCUT2D eigenvalue weighted by Gasteiger charge is -2.28. The minimum atomic E-state index is -2.98.